The van der Waals surface area contributed by atoms with Crippen LogP contribution in [-0.2, 0) is 17.9 Å². The van der Waals surface area contributed by atoms with E-state index in [0.717, 1.165) is 11.1 Å². The van der Waals surface area contributed by atoms with Gasteiger partial charge >= 0.3 is 6.61 Å². The Hall–Kier alpha value is -1.94. The number of alkyl halides is 2. The molecule has 0 aliphatic carbocycles. The Labute approximate surface area is 181 Å². The molecule has 0 bridgehead atoms. The van der Waals surface area contributed by atoms with Gasteiger partial charge in [0.1, 0.15) is 5.75 Å². The molecule has 0 saturated heterocycles. The summed E-state index contributed by atoms with van der Waals surface area (Å²) in [7, 11) is 1.65. The molecule has 2 aromatic carbocycles. The number of nitrogens with zero attached hydrogens (tertiary/aromatic N) is 1. The number of aliphatic imine (C=N–C) groups is 1. The van der Waals surface area contributed by atoms with Gasteiger partial charge in [0.05, 0.1) is 13.2 Å². The standard InChI is InChI=1S/C20H25F2N3O2.HI/c1-15-8-9-18(27-19(21)22)17(12-15)13-25-20(23-2)24-10-11-26-14-16-6-4-3-5-7-16;/h3-9,12,19H,10-11,13-14H2,1-2H3,(H2,23,24,25);1H. The molecule has 2 rings (SSSR count). The fraction of sp³-hybridized carbons (Fsp3) is 0.350. The number of ether oxygens (including phenoxy) is 2. The molecule has 154 valence electrons. The molecule has 2 aromatic rings. The maximum Gasteiger partial charge on any atom is 0.387 e. The summed E-state index contributed by atoms with van der Waals surface area (Å²) >= 11 is 0. The summed E-state index contributed by atoms with van der Waals surface area (Å²) in [6.45, 7) is 0.985. The smallest absolute Gasteiger partial charge is 0.387 e. The zero-order valence-electron chi connectivity index (χ0n) is 16.0. The highest BCUT2D eigenvalue weighted by Crippen LogP contribution is 2.21. The van der Waals surface area contributed by atoms with Crippen LogP contribution in [0.5, 0.6) is 5.75 Å². The SMILES string of the molecule is CN=C(NCCOCc1ccccc1)NCc1cc(C)ccc1OC(F)F.I. The summed E-state index contributed by atoms with van der Waals surface area (Å²) in [6, 6.07) is 15.0. The Morgan fingerprint density at radius 3 is 2.54 bits per heavy atom. The van der Waals surface area contributed by atoms with Gasteiger partial charge in [0, 0.05) is 25.7 Å². The summed E-state index contributed by atoms with van der Waals surface area (Å²) in [5, 5.41) is 6.22. The number of hydrogen-bond acceptors (Lipinski definition) is 3. The molecule has 0 amide bonds. The van der Waals surface area contributed by atoms with Crippen LogP contribution in [-0.4, -0.2) is 32.8 Å². The normalized spacial score (nSPS) is 11.1. The van der Waals surface area contributed by atoms with Gasteiger partial charge in [0.2, 0.25) is 0 Å². The number of benzene rings is 2. The molecule has 0 aliphatic heterocycles. The Kier molecular flexibility index (Phi) is 11.4. The van der Waals surface area contributed by atoms with E-state index in [-0.39, 0.29) is 29.7 Å². The second-order valence-corrected chi connectivity index (χ2v) is 5.88. The summed E-state index contributed by atoms with van der Waals surface area (Å²) in [4.78, 5) is 4.12. The number of halogens is 3. The van der Waals surface area contributed by atoms with Gasteiger partial charge in [-0.25, -0.2) is 0 Å². The minimum absolute atomic E-state index is 0. The molecule has 0 spiro atoms. The molecule has 0 aromatic heterocycles. The fourth-order valence-electron chi connectivity index (χ4n) is 2.46. The summed E-state index contributed by atoms with van der Waals surface area (Å²) < 4.78 is 35.2. The lowest BCUT2D eigenvalue weighted by atomic mass is 10.1. The van der Waals surface area contributed by atoms with E-state index in [4.69, 9.17) is 4.74 Å². The molecular weight excluding hydrogens is 479 g/mol. The lowest BCUT2D eigenvalue weighted by Gasteiger charge is -2.15. The van der Waals surface area contributed by atoms with E-state index in [9.17, 15) is 8.78 Å². The third-order valence-corrected chi connectivity index (χ3v) is 3.75. The second-order valence-electron chi connectivity index (χ2n) is 5.88. The van der Waals surface area contributed by atoms with E-state index in [2.05, 4.69) is 20.4 Å². The highest BCUT2D eigenvalue weighted by atomic mass is 127. The third-order valence-electron chi connectivity index (χ3n) is 3.75. The first-order valence-corrected chi connectivity index (χ1v) is 8.69. The molecule has 0 saturated carbocycles. The molecule has 0 atom stereocenters. The van der Waals surface area contributed by atoms with Crippen LogP contribution in [0, 0.1) is 6.92 Å². The Morgan fingerprint density at radius 2 is 1.86 bits per heavy atom. The van der Waals surface area contributed by atoms with Crippen molar-refractivity contribution in [3.63, 3.8) is 0 Å². The number of guanidine groups is 1. The predicted octanol–water partition coefficient (Wildman–Crippen LogP) is 4.10. The van der Waals surface area contributed by atoms with Crippen LogP contribution < -0.4 is 15.4 Å². The van der Waals surface area contributed by atoms with Gasteiger partial charge in [-0.1, -0.05) is 48.0 Å². The van der Waals surface area contributed by atoms with Crippen molar-refractivity contribution in [3.8, 4) is 5.75 Å². The van der Waals surface area contributed by atoms with Crippen molar-refractivity contribution in [2.24, 2.45) is 4.99 Å². The maximum atomic E-state index is 12.5. The first-order valence-electron chi connectivity index (χ1n) is 8.69. The van der Waals surface area contributed by atoms with Crippen LogP contribution in [0.1, 0.15) is 16.7 Å². The van der Waals surface area contributed by atoms with Crippen molar-refractivity contribution in [2.75, 3.05) is 20.2 Å². The monoisotopic (exact) mass is 505 g/mol. The average molecular weight is 505 g/mol. The topological polar surface area (TPSA) is 54.9 Å². The van der Waals surface area contributed by atoms with Crippen LogP contribution in [0.4, 0.5) is 8.78 Å². The fourth-order valence-corrected chi connectivity index (χ4v) is 2.46. The van der Waals surface area contributed by atoms with E-state index >= 15 is 0 Å². The van der Waals surface area contributed by atoms with E-state index in [0.29, 0.717) is 37.8 Å². The van der Waals surface area contributed by atoms with Gasteiger partial charge in [-0.2, -0.15) is 8.78 Å². The minimum atomic E-state index is -2.86. The van der Waals surface area contributed by atoms with Gasteiger partial charge in [-0.3, -0.25) is 4.99 Å². The highest BCUT2D eigenvalue weighted by molar-refractivity contribution is 14.0. The first kappa shape index (κ1) is 24.1. The molecule has 5 nitrogen and oxygen atoms in total. The van der Waals surface area contributed by atoms with Crippen LogP contribution in [0.2, 0.25) is 0 Å². The van der Waals surface area contributed by atoms with Gasteiger partial charge in [-0.05, 0) is 18.6 Å². The van der Waals surface area contributed by atoms with Crippen molar-refractivity contribution >= 4 is 29.9 Å². The average Bonchev–Trinajstić information content (AvgIpc) is 2.66. The van der Waals surface area contributed by atoms with Gasteiger partial charge in [0.15, 0.2) is 5.96 Å². The molecular formula is C20H26F2IN3O2. The molecule has 0 radical (unpaired) electrons. The molecule has 0 aliphatic rings. The predicted molar refractivity (Wildman–Crippen MR) is 118 cm³/mol. The van der Waals surface area contributed by atoms with Crippen LogP contribution in [0.15, 0.2) is 53.5 Å². The number of rotatable bonds is 9. The van der Waals surface area contributed by atoms with Crippen molar-refractivity contribution < 1.29 is 18.3 Å². The van der Waals surface area contributed by atoms with E-state index in [1.54, 1.807) is 25.2 Å². The highest BCUT2D eigenvalue weighted by Gasteiger charge is 2.10. The summed E-state index contributed by atoms with van der Waals surface area (Å²) in [6.07, 6.45) is 0. The van der Waals surface area contributed by atoms with Gasteiger partial charge < -0.3 is 20.1 Å². The third kappa shape index (κ3) is 8.83. The molecule has 2 N–H and O–H groups in total. The number of nitrogens with one attached hydrogen (secondary N) is 2. The molecule has 0 fully saturated rings. The van der Waals surface area contributed by atoms with Crippen molar-refractivity contribution in [1.82, 2.24) is 10.6 Å². The number of aryl methyl sites for hydroxylation is 1. The molecule has 0 unspecified atom stereocenters. The quantitative estimate of drug-likeness (QED) is 0.233. The van der Waals surface area contributed by atoms with Crippen molar-refractivity contribution in [1.29, 1.82) is 0 Å². The van der Waals surface area contributed by atoms with Gasteiger partial charge in [-0.15, -0.1) is 24.0 Å². The van der Waals surface area contributed by atoms with Crippen molar-refractivity contribution in [3.05, 3.63) is 65.2 Å². The summed E-state index contributed by atoms with van der Waals surface area (Å²) in [5.74, 6) is 0.715. The van der Waals surface area contributed by atoms with Crippen molar-refractivity contribution in [2.45, 2.75) is 26.7 Å². The molecule has 8 heteroatoms. The minimum Gasteiger partial charge on any atom is -0.434 e. The zero-order chi connectivity index (χ0) is 19.5. The first-order chi connectivity index (χ1) is 13.1. The van der Waals surface area contributed by atoms with E-state index in [1.165, 1.54) is 0 Å². The number of hydrogen-bond donors (Lipinski definition) is 2. The van der Waals surface area contributed by atoms with Gasteiger partial charge in [0.25, 0.3) is 0 Å². The van der Waals surface area contributed by atoms with Crippen LogP contribution in [0.25, 0.3) is 0 Å². The lowest BCUT2D eigenvalue weighted by molar-refractivity contribution is -0.0504. The maximum absolute atomic E-state index is 12.5. The van der Waals surface area contributed by atoms with Crippen LogP contribution >= 0.6 is 24.0 Å². The van der Waals surface area contributed by atoms with Crippen LogP contribution in [0.3, 0.4) is 0 Å². The Morgan fingerprint density at radius 1 is 1.11 bits per heavy atom. The van der Waals surface area contributed by atoms with E-state index < -0.39 is 6.61 Å². The Bertz CT molecular complexity index is 731. The Balaban J connectivity index is 0.00000392. The zero-order valence-corrected chi connectivity index (χ0v) is 18.3. The second kappa shape index (κ2) is 13.3. The molecule has 28 heavy (non-hydrogen) atoms. The summed E-state index contributed by atoms with van der Waals surface area (Å²) in [5.41, 5.74) is 2.72. The van der Waals surface area contributed by atoms with E-state index in [1.807, 2.05) is 37.3 Å². The lowest BCUT2D eigenvalue weighted by Crippen LogP contribution is -2.38. The molecule has 0 heterocycles. The largest absolute Gasteiger partial charge is 0.434 e.